The molecule has 1 heterocycles. The third-order valence-corrected chi connectivity index (χ3v) is 3.29. The van der Waals surface area contributed by atoms with Crippen LogP contribution in [0, 0.1) is 11.3 Å². The summed E-state index contributed by atoms with van der Waals surface area (Å²) in [6.07, 6.45) is 0. The van der Waals surface area contributed by atoms with Crippen molar-refractivity contribution in [3.63, 3.8) is 0 Å². The highest BCUT2D eigenvalue weighted by Gasteiger charge is 2.16. The van der Waals surface area contributed by atoms with E-state index < -0.39 is 5.63 Å². The van der Waals surface area contributed by atoms with E-state index in [1.165, 1.54) is 0 Å². The number of nitriles is 1. The van der Waals surface area contributed by atoms with E-state index in [0.717, 1.165) is 5.56 Å². The highest BCUT2D eigenvalue weighted by Crippen LogP contribution is 2.31. The van der Waals surface area contributed by atoms with Crippen LogP contribution in [0.25, 0.3) is 22.1 Å². The molecule has 0 bridgehead atoms. The van der Waals surface area contributed by atoms with Crippen LogP contribution < -0.4 is 10.4 Å². The number of hydrogen-bond acceptors (Lipinski definition) is 4. The second-order valence-corrected chi connectivity index (χ2v) is 4.48. The number of fused-ring (bicyclic) bond motifs is 1. The molecule has 3 rings (SSSR count). The molecule has 0 aliphatic rings. The molecule has 0 saturated heterocycles. The first-order valence-electron chi connectivity index (χ1n) is 6.35. The van der Waals surface area contributed by atoms with Crippen LogP contribution >= 0.6 is 0 Å². The summed E-state index contributed by atoms with van der Waals surface area (Å²) in [5.41, 5.74) is 1.16. The van der Waals surface area contributed by atoms with Crippen molar-refractivity contribution in [3.8, 4) is 22.9 Å². The van der Waals surface area contributed by atoms with E-state index >= 15 is 0 Å². The Hall–Kier alpha value is -3.06. The van der Waals surface area contributed by atoms with Gasteiger partial charge in [0.25, 0.3) is 0 Å². The van der Waals surface area contributed by atoms with Gasteiger partial charge in [0.2, 0.25) is 0 Å². The molecule has 0 unspecified atom stereocenters. The average Bonchev–Trinajstić information content (AvgIpc) is 2.53. The molecule has 0 saturated carbocycles. The summed E-state index contributed by atoms with van der Waals surface area (Å²) in [5, 5.41) is 9.99. The van der Waals surface area contributed by atoms with Crippen molar-refractivity contribution in [3.05, 3.63) is 64.5 Å². The van der Waals surface area contributed by atoms with Crippen molar-refractivity contribution in [2.45, 2.75) is 0 Å². The highest BCUT2D eigenvalue weighted by molar-refractivity contribution is 5.96. The Balaban J connectivity index is 2.45. The van der Waals surface area contributed by atoms with E-state index in [2.05, 4.69) is 0 Å². The minimum Gasteiger partial charge on any atom is -0.497 e. The lowest BCUT2D eigenvalue weighted by Crippen LogP contribution is -2.06. The van der Waals surface area contributed by atoms with Gasteiger partial charge in [-0.05, 0) is 17.7 Å². The smallest absolute Gasteiger partial charge is 0.354 e. The average molecular weight is 277 g/mol. The number of ether oxygens (including phenoxy) is 1. The molecular formula is C17H11NO3. The monoisotopic (exact) mass is 277 g/mol. The molecule has 0 N–H and O–H groups in total. The van der Waals surface area contributed by atoms with Gasteiger partial charge in [0, 0.05) is 17.0 Å². The fourth-order valence-electron chi connectivity index (χ4n) is 2.31. The molecule has 21 heavy (non-hydrogen) atoms. The van der Waals surface area contributed by atoms with Gasteiger partial charge in [0.05, 0.1) is 7.11 Å². The third-order valence-electron chi connectivity index (χ3n) is 3.29. The van der Waals surface area contributed by atoms with E-state index in [-0.39, 0.29) is 5.56 Å². The van der Waals surface area contributed by atoms with Crippen LogP contribution in [-0.4, -0.2) is 7.11 Å². The van der Waals surface area contributed by atoms with E-state index in [4.69, 9.17) is 9.15 Å². The summed E-state index contributed by atoms with van der Waals surface area (Å²) in [5.74, 6) is 0.592. The van der Waals surface area contributed by atoms with Gasteiger partial charge in [-0.25, -0.2) is 4.79 Å². The second kappa shape index (κ2) is 5.14. The zero-order chi connectivity index (χ0) is 14.8. The minimum absolute atomic E-state index is 0.0128. The van der Waals surface area contributed by atoms with Gasteiger partial charge in [-0.15, -0.1) is 0 Å². The quantitative estimate of drug-likeness (QED) is 0.674. The van der Waals surface area contributed by atoms with Crippen molar-refractivity contribution in [1.82, 2.24) is 0 Å². The molecule has 2 aromatic carbocycles. The van der Waals surface area contributed by atoms with E-state index in [1.807, 2.05) is 36.4 Å². The Bertz CT molecular complexity index is 905. The van der Waals surface area contributed by atoms with Crippen LogP contribution in [0.5, 0.6) is 5.75 Å². The first-order valence-corrected chi connectivity index (χ1v) is 6.35. The molecule has 102 valence electrons. The Kier molecular flexibility index (Phi) is 3.17. The predicted octanol–water partition coefficient (Wildman–Crippen LogP) is 3.34. The lowest BCUT2D eigenvalue weighted by Gasteiger charge is -2.08. The van der Waals surface area contributed by atoms with Gasteiger partial charge in [-0.1, -0.05) is 30.3 Å². The Morgan fingerprint density at radius 1 is 1.14 bits per heavy atom. The lowest BCUT2D eigenvalue weighted by atomic mass is 9.97. The van der Waals surface area contributed by atoms with Gasteiger partial charge in [-0.3, -0.25) is 0 Å². The van der Waals surface area contributed by atoms with Crippen LogP contribution in [0.15, 0.2) is 57.7 Å². The maximum Gasteiger partial charge on any atom is 0.354 e. The van der Waals surface area contributed by atoms with Crippen molar-refractivity contribution in [1.29, 1.82) is 5.26 Å². The Labute approximate surface area is 120 Å². The van der Waals surface area contributed by atoms with Crippen molar-refractivity contribution < 1.29 is 9.15 Å². The molecular weight excluding hydrogens is 266 g/mol. The van der Waals surface area contributed by atoms with Gasteiger partial charge in [0.1, 0.15) is 23.0 Å². The molecule has 0 fully saturated rings. The molecule has 0 atom stereocenters. The predicted molar refractivity (Wildman–Crippen MR) is 79.2 cm³/mol. The molecule has 3 aromatic rings. The standard InChI is InChI=1S/C17H11NO3/c1-20-12-7-8-13-15(9-12)21-17(19)14(10-18)16(13)11-5-3-2-4-6-11/h2-9H,1H3. The summed E-state index contributed by atoms with van der Waals surface area (Å²) in [6, 6.07) is 16.5. The topological polar surface area (TPSA) is 63.2 Å². The summed E-state index contributed by atoms with van der Waals surface area (Å²) >= 11 is 0. The Morgan fingerprint density at radius 3 is 2.57 bits per heavy atom. The zero-order valence-electron chi connectivity index (χ0n) is 11.3. The van der Waals surface area contributed by atoms with Gasteiger partial charge >= 0.3 is 5.63 Å². The van der Waals surface area contributed by atoms with Crippen LogP contribution in [0.1, 0.15) is 5.56 Å². The number of nitrogens with zero attached hydrogens (tertiary/aromatic N) is 1. The normalized spacial score (nSPS) is 10.3. The van der Waals surface area contributed by atoms with Crippen LogP contribution in [0.3, 0.4) is 0 Å². The number of hydrogen-bond donors (Lipinski definition) is 0. The maximum absolute atomic E-state index is 12.0. The van der Waals surface area contributed by atoms with Crippen LogP contribution in [0.4, 0.5) is 0 Å². The highest BCUT2D eigenvalue weighted by atomic mass is 16.5. The SMILES string of the molecule is COc1ccc2c(-c3ccccc3)c(C#N)c(=O)oc2c1. The van der Waals surface area contributed by atoms with E-state index in [9.17, 15) is 10.1 Å². The van der Waals surface area contributed by atoms with Crippen molar-refractivity contribution in [2.75, 3.05) is 7.11 Å². The van der Waals surface area contributed by atoms with Crippen molar-refractivity contribution in [2.24, 2.45) is 0 Å². The maximum atomic E-state index is 12.0. The third kappa shape index (κ3) is 2.15. The second-order valence-electron chi connectivity index (χ2n) is 4.48. The molecule has 0 amide bonds. The first-order chi connectivity index (χ1) is 10.2. The molecule has 0 aliphatic heterocycles. The first kappa shape index (κ1) is 12.9. The number of methoxy groups -OCH3 is 1. The van der Waals surface area contributed by atoms with Gasteiger partial charge < -0.3 is 9.15 Å². The molecule has 1 aromatic heterocycles. The fraction of sp³-hybridized carbons (Fsp3) is 0.0588. The molecule has 4 nitrogen and oxygen atoms in total. The number of rotatable bonds is 2. The largest absolute Gasteiger partial charge is 0.497 e. The fourth-order valence-corrected chi connectivity index (χ4v) is 2.31. The zero-order valence-corrected chi connectivity index (χ0v) is 11.3. The van der Waals surface area contributed by atoms with E-state index in [0.29, 0.717) is 22.3 Å². The van der Waals surface area contributed by atoms with Gasteiger partial charge in [-0.2, -0.15) is 5.26 Å². The summed E-state index contributed by atoms with van der Waals surface area (Å²) in [4.78, 5) is 12.0. The van der Waals surface area contributed by atoms with Gasteiger partial charge in [0.15, 0.2) is 0 Å². The molecule has 0 aliphatic carbocycles. The van der Waals surface area contributed by atoms with Crippen LogP contribution in [-0.2, 0) is 0 Å². The molecule has 4 heteroatoms. The summed E-state index contributed by atoms with van der Waals surface area (Å²) in [7, 11) is 1.54. The summed E-state index contributed by atoms with van der Waals surface area (Å²) in [6.45, 7) is 0. The number of benzene rings is 2. The minimum atomic E-state index is -0.642. The summed E-state index contributed by atoms with van der Waals surface area (Å²) < 4.78 is 10.4. The molecule has 0 spiro atoms. The lowest BCUT2D eigenvalue weighted by molar-refractivity contribution is 0.414. The van der Waals surface area contributed by atoms with Crippen molar-refractivity contribution >= 4 is 11.0 Å². The van der Waals surface area contributed by atoms with E-state index in [1.54, 1.807) is 25.3 Å². The van der Waals surface area contributed by atoms with Crippen LogP contribution in [0.2, 0.25) is 0 Å². The Morgan fingerprint density at radius 2 is 1.90 bits per heavy atom. The molecule has 0 radical (unpaired) electrons.